The quantitative estimate of drug-likeness (QED) is 0.513. The first-order chi connectivity index (χ1) is 16.5. The zero-order chi connectivity index (χ0) is 23.5. The fraction of sp³-hybridized carbons (Fsp3) is 0.440. The van der Waals surface area contributed by atoms with E-state index in [0.29, 0.717) is 36.8 Å². The Morgan fingerprint density at radius 1 is 0.882 bits per heavy atom. The van der Waals surface area contributed by atoms with E-state index < -0.39 is 10.0 Å². The third-order valence-corrected chi connectivity index (χ3v) is 8.63. The molecule has 34 heavy (non-hydrogen) atoms. The maximum Gasteiger partial charge on any atom is 0.243 e. The fourth-order valence-electron chi connectivity index (χ4n) is 4.74. The first-order valence-electron chi connectivity index (χ1n) is 11.9. The van der Waals surface area contributed by atoms with Gasteiger partial charge >= 0.3 is 0 Å². The van der Waals surface area contributed by atoms with Gasteiger partial charge in [-0.05, 0) is 49.2 Å². The van der Waals surface area contributed by atoms with Gasteiger partial charge < -0.3 is 14.5 Å². The smallest absolute Gasteiger partial charge is 0.243 e. The summed E-state index contributed by atoms with van der Waals surface area (Å²) in [5.74, 6) is 2.55. The lowest BCUT2D eigenvalue weighted by molar-refractivity contribution is 0.189. The highest BCUT2D eigenvalue weighted by atomic mass is 32.2. The summed E-state index contributed by atoms with van der Waals surface area (Å²) in [6.07, 6.45) is 3.16. The number of nitrogens with zero attached hydrogens (tertiary/aromatic N) is 5. The predicted octanol–water partition coefficient (Wildman–Crippen LogP) is 2.79. The molecular formula is C25H31N5O3S. The van der Waals surface area contributed by atoms with Crippen LogP contribution in [0.1, 0.15) is 18.7 Å². The van der Waals surface area contributed by atoms with E-state index in [1.165, 1.54) is 12.8 Å². The molecule has 0 saturated carbocycles. The molecule has 3 aromatic rings. The summed E-state index contributed by atoms with van der Waals surface area (Å²) in [5.41, 5.74) is 0.991. The van der Waals surface area contributed by atoms with Crippen LogP contribution in [0.3, 0.4) is 0 Å². The minimum absolute atomic E-state index is 0.306. The molecule has 0 unspecified atom stereocenters. The van der Waals surface area contributed by atoms with Gasteiger partial charge in [-0.1, -0.05) is 12.1 Å². The Bertz CT molecular complexity index is 1240. The van der Waals surface area contributed by atoms with Gasteiger partial charge in [-0.3, -0.25) is 0 Å². The average Bonchev–Trinajstić information content (AvgIpc) is 3.42. The van der Waals surface area contributed by atoms with Crippen molar-refractivity contribution in [2.75, 3.05) is 57.8 Å². The molecule has 9 heteroatoms. The van der Waals surface area contributed by atoms with Crippen LogP contribution < -0.4 is 9.64 Å². The average molecular weight is 482 g/mol. The molecule has 0 spiro atoms. The van der Waals surface area contributed by atoms with Gasteiger partial charge in [0, 0.05) is 57.6 Å². The highest BCUT2D eigenvalue weighted by Gasteiger charge is 2.28. The van der Waals surface area contributed by atoms with Crippen LogP contribution in [0.25, 0.3) is 10.9 Å². The minimum atomic E-state index is -3.50. The van der Waals surface area contributed by atoms with Crippen molar-refractivity contribution in [3.8, 4) is 5.75 Å². The van der Waals surface area contributed by atoms with Crippen molar-refractivity contribution in [2.45, 2.75) is 24.2 Å². The van der Waals surface area contributed by atoms with Crippen LogP contribution in [0, 0.1) is 0 Å². The van der Waals surface area contributed by atoms with Crippen LogP contribution in [0.2, 0.25) is 0 Å². The first-order valence-corrected chi connectivity index (χ1v) is 13.4. The van der Waals surface area contributed by atoms with E-state index in [4.69, 9.17) is 14.7 Å². The Morgan fingerprint density at radius 2 is 1.59 bits per heavy atom. The lowest BCUT2D eigenvalue weighted by Crippen LogP contribution is -2.49. The van der Waals surface area contributed by atoms with E-state index in [1.807, 2.05) is 12.1 Å². The third kappa shape index (κ3) is 4.73. The predicted molar refractivity (Wildman–Crippen MR) is 133 cm³/mol. The van der Waals surface area contributed by atoms with Gasteiger partial charge in [0.05, 0.1) is 17.5 Å². The maximum absolute atomic E-state index is 13.0. The molecule has 8 nitrogen and oxygen atoms in total. The zero-order valence-electron chi connectivity index (χ0n) is 19.6. The number of piperazine rings is 1. The second-order valence-corrected chi connectivity index (χ2v) is 10.8. The van der Waals surface area contributed by atoms with Crippen molar-refractivity contribution in [2.24, 2.45) is 0 Å². The highest BCUT2D eigenvalue weighted by Crippen LogP contribution is 2.27. The molecular weight excluding hydrogens is 450 g/mol. The molecule has 2 saturated heterocycles. The number of hydrogen-bond acceptors (Lipinski definition) is 7. The van der Waals surface area contributed by atoms with Gasteiger partial charge in [-0.25, -0.2) is 18.4 Å². The van der Waals surface area contributed by atoms with E-state index in [2.05, 4.69) is 21.9 Å². The minimum Gasteiger partial charge on any atom is -0.497 e. The number of methoxy groups -OCH3 is 1. The van der Waals surface area contributed by atoms with Gasteiger partial charge in [-0.15, -0.1) is 0 Å². The van der Waals surface area contributed by atoms with E-state index in [1.54, 1.807) is 35.7 Å². The molecule has 0 radical (unpaired) electrons. The number of anilines is 1. The number of para-hydroxylation sites is 1. The molecule has 0 amide bonds. The Balaban J connectivity index is 1.22. The van der Waals surface area contributed by atoms with Crippen molar-refractivity contribution >= 4 is 26.7 Å². The molecule has 0 aliphatic carbocycles. The summed E-state index contributed by atoms with van der Waals surface area (Å²) in [6, 6.07) is 14.8. The molecule has 0 atom stereocenters. The highest BCUT2D eigenvalue weighted by molar-refractivity contribution is 7.89. The van der Waals surface area contributed by atoms with Crippen LogP contribution in [0.4, 0.5) is 5.82 Å². The van der Waals surface area contributed by atoms with Crippen molar-refractivity contribution < 1.29 is 13.2 Å². The van der Waals surface area contributed by atoms with Crippen molar-refractivity contribution in [1.29, 1.82) is 0 Å². The number of fused-ring (bicyclic) bond motifs is 1. The standard InChI is InChI=1S/C25H31N5O3S/c1-33-20-8-10-21(11-9-20)34(31,32)30-18-16-28(17-19-30)15-12-24-26-23-7-3-2-6-22(23)25(27-24)29-13-4-5-14-29/h2-3,6-11H,4-5,12-19H2,1H3. The molecule has 180 valence electrons. The van der Waals surface area contributed by atoms with Crippen molar-refractivity contribution in [3.63, 3.8) is 0 Å². The number of ether oxygens (including phenoxy) is 1. The summed E-state index contributed by atoms with van der Waals surface area (Å²) >= 11 is 0. The van der Waals surface area contributed by atoms with Crippen LogP contribution in [0.15, 0.2) is 53.4 Å². The Labute approximate surface area is 201 Å². The SMILES string of the molecule is COc1ccc(S(=O)(=O)N2CCN(CCc3nc(N4CCCC4)c4ccccc4n3)CC2)cc1. The molecule has 0 bridgehead atoms. The summed E-state index contributed by atoms with van der Waals surface area (Å²) < 4.78 is 32.7. The molecule has 2 aliphatic rings. The van der Waals surface area contributed by atoms with Gasteiger partial charge in [0.1, 0.15) is 17.4 Å². The van der Waals surface area contributed by atoms with Crippen molar-refractivity contribution in [1.82, 2.24) is 19.2 Å². The largest absolute Gasteiger partial charge is 0.497 e. The van der Waals surface area contributed by atoms with Gasteiger partial charge in [0.25, 0.3) is 0 Å². The number of sulfonamides is 1. The van der Waals surface area contributed by atoms with Crippen molar-refractivity contribution in [3.05, 3.63) is 54.4 Å². The second kappa shape index (κ2) is 9.85. The summed E-state index contributed by atoms with van der Waals surface area (Å²) in [5, 5.41) is 1.12. The Kier molecular flexibility index (Phi) is 6.67. The van der Waals surface area contributed by atoms with Crippen LogP contribution in [-0.4, -0.2) is 80.5 Å². The number of hydrogen-bond donors (Lipinski definition) is 0. The Morgan fingerprint density at radius 3 is 2.29 bits per heavy atom. The second-order valence-electron chi connectivity index (χ2n) is 8.85. The molecule has 2 aromatic carbocycles. The van der Waals surface area contributed by atoms with Crippen LogP contribution >= 0.6 is 0 Å². The van der Waals surface area contributed by atoms with E-state index in [9.17, 15) is 8.42 Å². The first kappa shape index (κ1) is 23.0. The molecule has 5 rings (SSSR count). The number of benzene rings is 2. The van der Waals surface area contributed by atoms with Crippen LogP contribution in [0.5, 0.6) is 5.75 Å². The third-order valence-electron chi connectivity index (χ3n) is 6.72. The molecule has 1 aromatic heterocycles. The normalized spacial score (nSPS) is 18.0. The topological polar surface area (TPSA) is 78.9 Å². The van der Waals surface area contributed by atoms with E-state index in [-0.39, 0.29) is 0 Å². The van der Waals surface area contributed by atoms with Gasteiger partial charge in [0.2, 0.25) is 10.0 Å². The Hall–Kier alpha value is -2.75. The van der Waals surface area contributed by atoms with E-state index >= 15 is 0 Å². The fourth-order valence-corrected chi connectivity index (χ4v) is 6.16. The van der Waals surface area contributed by atoms with Gasteiger partial charge in [0.15, 0.2) is 0 Å². The number of rotatable bonds is 7. The monoisotopic (exact) mass is 481 g/mol. The lowest BCUT2D eigenvalue weighted by Gasteiger charge is -2.33. The summed E-state index contributed by atoms with van der Waals surface area (Å²) in [7, 11) is -1.93. The van der Waals surface area contributed by atoms with Crippen LogP contribution in [-0.2, 0) is 16.4 Å². The molecule has 2 fully saturated rings. The maximum atomic E-state index is 13.0. The molecule has 0 N–H and O–H groups in total. The lowest BCUT2D eigenvalue weighted by atomic mass is 10.2. The molecule has 3 heterocycles. The summed E-state index contributed by atoms with van der Waals surface area (Å²) in [4.78, 5) is 14.7. The summed E-state index contributed by atoms with van der Waals surface area (Å²) in [6.45, 7) is 5.26. The van der Waals surface area contributed by atoms with E-state index in [0.717, 1.165) is 48.6 Å². The zero-order valence-corrected chi connectivity index (χ0v) is 20.4. The number of aromatic nitrogens is 2. The molecule has 2 aliphatic heterocycles. The van der Waals surface area contributed by atoms with Gasteiger partial charge in [-0.2, -0.15) is 4.31 Å².